The molecule has 186 valence electrons. The molecule has 0 unspecified atom stereocenters. The molecule has 1 atom stereocenters. The molecule has 2 aliphatic rings. The van der Waals surface area contributed by atoms with Gasteiger partial charge in [-0.3, -0.25) is 19.3 Å². The van der Waals surface area contributed by atoms with Gasteiger partial charge in [0, 0.05) is 31.9 Å². The van der Waals surface area contributed by atoms with Gasteiger partial charge in [0.05, 0.1) is 23.3 Å². The number of hydrogen-bond acceptors (Lipinski definition) is 6. The second-order valence-electron chi connectivity index (χ2n) is 9.19. The molecule has 1 spiro atoms. The number of benzene rings is 1. The molecular weight excluding hydrogens is 465 g/mol. The second-order valence-corrected chi connectivity index (χ2v) is 9.19. The lowest BCUT2D eigenvalue weighted by atomic mass is 10.1. The van der Waals surface area contributed by atoms with Gasteiger partial charge in [-0.15, -0.1) is 0 Å². The van der Waals surface area contributed by atoms with Crippen molar-refractivity contribution in [3.05, 3.63) is 82.7 Å². The average molecular weight is 492 g/mol. The first-order valence-corrected chi connectivity index (χ1v) is 11.8. The van der Waals surface area contributed by atoms with Gasteiger partial charge in [-0.05, 0) is 62.2 Å². The van der Waals surface area contributed by atoms with Crippen molar-refractivity contribution < 1.29 is 18.7 Å². The molecule has 1 saturated carbocycles. The molecule has 3 aromatic rings. The van der Waals surface area contributed by atoms with Gasteiger partial charge in [0.1, 0.15) is 23.1 Å². The molecule has 2 aromatic heterocycles. The standard InChI is InChI=1S/C26H26FN5O4/c1-17(24(34)30-22-8-7-21(15-28-22)36-20-5-3-19(27)4-6-20)31-12-13-32(26(16-31)10-11-26)25(35)18-2-9-23(33)29-14-18/h2-9,14-15,17H,10-13,16H2,1H3,(H,29,33)(H,28,30,34)/t17-/m1/s1. The smallest absolute Gasteiger partial charge is 0.255 e. The van der Waals surface area contributed by atoms with E-state index in [1.165, 1.54) is 42.7 Å². The maximum absolute atomic E-state index is 13.0. The van der Waals surface area contributed by atoms with Crippen molar-refractivity contribution in [3.63, 3.8) is 0 Å². The normalized spacial score (nSPS) is 17.4. The fourth-order valence-corrected chi connectivity index (χ4v) is 4.48. The first-order valence-electron chi connectivity index (χ1n) is 11.8. The first-order chi connectivity index (χ1) is 17.3. The van der Waals surface area contributed by atoms with E-state index in [4.69, 9.17) is 4.74 Å². The second kappa shape index (κ2) is 9.54. The monoisotopic (exact) mass is 491 g/mol. The lowest BCUT2D eigenvalue weighted by molar-refractivity contribution is -0.121. The van der Waals surface area contributed by atoms with Crippen LogP contribution >= 0.6 is 0 Å². The Labute approximate surface area is 206 Å². The van der Waals surface area contributed by atoms with Crippen LogP contribution < -0.4 is 15.6 Å². The van der Waals surface area contributed by atoms with E-state index in [2.05, 4.69) is 20.2 Å². The highest BCUT2D eigenvalue weighted by molar-refractivity contribution is 5.95. The van der Waals surface area contributed by atoms with Gasteiger partial charge >= 0.3 is 0 Å². The predicted molar refractivity (Wildman–Crippen MR) is 130 cm³/mol. The molecule has 9 nitrogen and oxygen atoms in total. The first kappa shape index (κ1) is 23.7. The van der Waals surface area contributed by atoms with E-state index in [1.807, 2.05) is 11.8 Å². The minimum Gasteiger partial charge on any atom is -0.456 e. The molecule has 10 heteroatoms. The minimum absolute atomic E-state index is 0.104. The zero-order valence-corrected chi connectivity index (χ0v) is 19.7. The summed E-state index contributed by atoms with van der Waals surface area (Å²) in [5.74, 6) is 0.703. The molecule has 2 fully saturated rings. The molecule has 2 N–H and O–H groups in total. The number of rotatable bonds is 6. The number of nitrogens with one attached hydrogen (secondary N) is 2. The molecule has 2 amide bonds. The van der Waals surface area contributed by atoms with Crippen LogP contribution in [0.1, 0.15) is 30.1 Å². The van der Waals surface area contributed by atoms with Crippen LogP contribution in [0.25, 0.3) is 0 Å². The lowest BCUT2D eigenvalue weighted by Crippen LogP contribution is -2.60. The number of piperazine rings is 1. The maximum atomic E-state index is 13.0. The van der Waals surface area contributed by atoms with E-state index in [0.717, 1.165) is 12.8 Å². The van der Waals surface area contributed by atoms with Crippen LogP contribution in [0.3, 0.4) is 0 Å². The number of nitrogens with zero attached hydrogens (tertiary/aromatic N) is 3. The highest BCUT2D eigenvalue weighted by Gasteiger charge is 2.54. The summed E-state index contributed by atoms with van der Waals surface area (Å²) in [6.45, 7) is 3.51. The van der Waals surface area contributed by atoms with Gasteiger partial charge in [0.25, 0.3) is 5.91 Å². The summed E-state index contributed by atoms with van der Waals surface area (Å²) in [5, 5.41) is 2.84. The Kier molecular flexibility index (Phi) is 6.27. The Morgan fingerprint density at radius 3 is 2.47 bits per heavy atom. The number of ether oxygens (including phenoxy) is 1. The molecule has 36 heavy (non-hydrogen) atoms. The number of carbonyl (C=O) groups excluding carboxylic acids is 2. The highest BCUT2D eigenvalue weighted by Crippen LogP contribution is 2.45. The summed E-state index contributed by atoms with van der Waals surface area (Å²) in [5.41, 5.74) is -0.0719. The SMILES string of the molecule is C[C@H](C(=O)Nc1ccc(Oc2ccc(F)cc2)cn1)N1CCN(C(=O)c2ccc(=O)[nH]c2)C2(CC2)C1. The Morgan fingerprint density at radius 2 is 1.83 bits per heavy atom. The van der Waals surface area contributed by atoms with Crippen molar-refractivity contribution >= 4 is 17.6 Å². The number of H-pyrrole nitrogens is 1. The summed E-state index contributed by atoms with van der Waals surface area (Å²) in [6.07, 6.45) is 4.70. The summed E-state index contributed by atoms with van der Waals surface area (Å²) >= 11 is 0. The third kappa shape index (κ3) is 4.99. The Morgan fingerprint density at radius 1 is 1.08 bits per heavy atom. The van der Waals surface area contributed by atoms with Crippen molar-refractivity contribution in [2.45, 2.75) is 31.3 Å². The highest BCUT2D eigenvalue weighted by atomic mass is 19.1. The Hall–Kier alpha value is -4.05. The predicted octanol–water partition coefficient (Wildman–Crippen LogP) is 3.02. The summed E-state index contributed by atoms with van der Waals surface area (Å²) < 4.78 is 18.7. The van der Waals surface area contributed by atoms with Crippen molar-refractivity contribution in [1.29, 1.82) is 0 Å². The van der Waals surface area contributed by atoms with E-state index >= 15 is 0 Å². The minimum atomic E-state index is -0.412. The van der Waals surface area contributed by atoms with Gasteiger partial charge in [-0.1, -0.05) is 0 Å². The molecule has 1 aromatic carbocycles. The third-order valence-corrected chi connectivity index (χ3v) is 6.75. The van der Waals surface area contributed by atoms with Crippen molar-refractivity contribution in [3.8, 4) is 11.5 Å². The largest absolute Gasteiger partial charge is 0.456 e. The zero-order chi connectivity index (χ0) is 25.3. The number of amides is 2. The zero-order valence-electron chi connectivity index (χ0n) is 19.7. The van der Waals surface area contributed by atoms with Crippen LogP contribution in [0.15, 0.2) is 65.7 Å². The number of carbonyl (C=O) groups is 2. The van der Waals surface area contributed by atoms with Crippen LogP contribution in [-0.2, 0) is 4.79 Å². The quantitative estimate of drug-likeness (QED) is 0.549. The maximum Gasteiger partial charge on any atom is 0.255 e. The van der Waals surface area contributed by atoms with Crippen LogP contribution in [0.4, 0.5) is 10.2 Å². The summed E-state index contributed by atoms with van der Waals surface area (Å²) in [7, 11) is 0. The number of halogens is 1. The molecule has 1 saturated heterocycles. The fourth-order valence-electron chi connectivity index (χ4n) is 4.48. The molecule has 0 bridgehead atoms. The molecule has 5 rings (SSSR count). The van der Waals surface area contributed by atoms with Gasteiger partial charge in [0.2, 0.25) is 11.5 Å². The van der Waals surface area contributed by atoms with Crippen molar-refractivity contribution in [1.82, 2.24) is 19.8 Å². The lowest BCUT2D eigenvalue weighted by Gasteiger charge is -2.44. The topological polar surface area (TPSA) is 108 Å². The number of aromatic amines is 1. The van der Waals surface area contributed by atoms with E-state index < -0.39 is 6.04 Å². The van der Waals surface area contributed by atoms with Gasteiger partial charge in [-0.25, -0.2) is 9.37 Å². The van der Waals surface area contributed by atoms with Crippen LogP contribution in [0, 0.1) is 5.82 Å². The van der Waals surface area contributed by atoms with Crippen LogP contribution in [-0.4, -0.2) is 62.8 Å². The average Bonchev–Trinajstić information content (AvgIpc) is 3.65. The molecule has 0 radical (unpaired) electrons. The number of pyridine rings is 2. The van der Waals surface area contributed by atoms with Gasteiger partial charge in [-0.2, -0.15) is 0 Å². The third-order valence-electron chi connectivity index (χ3n) is 6.75. The molecule has 1 aliphatic heterocycles. The summed E-state index contributed by atoms with van der Waals surface area (Å²) in [6, 6.07) is 11.5. The number of hydrogen-bond donors (Lipinski definition) is 2. The van der Waals surface area contributed by atoms with Crippen LogP contribution in [0.2, 0.25) is 0 Å². The molecule has 3 heterocycles. The van der Waals surface area contributed by atoms with E-state index in [1.54, 1.807) is 18.2 Å². The molecule has 1 aliphatic carbocycles. The van der Waals surface area contributed by atoms with E-state index in [-0.39, 0.29) is 28.7 Å². The fraction of sp³-hybridized carbons (Fsp3) is 0.308. The molecular formula is C26H26FN5O4. The van der Waals surface area contributed by atoms with Crippen LogP contribution in [0.5, 0.6) is 11.5 Å². The van der Waals surface area contributed by atoms with E-state index in [9.17, 15) is 18.8 Å². The Bertz CT molecular complexity index is 1300. The van der Waals surface area contributed by atoms with Gasteiger partial charge in [0.15, 0.2) is 0 Å². The Balaban J connectivity index is 1.18. The van der Waals surface area contributed by atoms with E-state index in [0.29, 0.717) is 42.5 Å². The van der Waals surface area contributed by atoms with Gasteiger partial charge < -0.3 is 19.9 Å². The van der Waals surface area contributed by atoms with Crippen molar-refractivity contribution in [2.24, 2.45) is 0 Å². The number of aromatic nitrogens is 2. The summed E-state index contributed by atoms with van der Waals surface area (Å²) in [4.78, 5) is 48.1. The van der Waals surface area contributed by atoms with Crippen molar-refractivity contribution in [2.75, 3.05) is 25.0 Å². The number of anilines is 1.